The smallest absolute Gasteiger partial charge is 0.243 e. The molecule has 96 valence electrons. The molecule has 0 saturated heterocycles. The van der Waals surface area contributed by atoms with Gasteiger partial charge < -0.3 is 10.8 Å². The highest BCUT2D eigenvalue weighted by atomic mass is 32.2. The first-order chi connectivity index (χ1) is 7.90. The van der Waals surface area contributed by atoms with Crippen LogP contribution in [0.15, 0.2) is 23.1 Å². The minimum atomic E-state index is -3.97. The normalized spacial score (nSPS) is 13.6. The van der Waals surface area contributed by atoms with Crippen molar-refractivity contribution in [2.45, 2.75) is 24.3 Å². The van der Waals surface area contributed by atoms with Crippen LogP contribution in [0, 0.1) is 5.82 Å². The van der Waals surface area contributed by atoms with Crippen LogP contribution in [0.2, 0.25) is 0 Å². The standard InChI is InChI=1S/C10H15FN2O3S/c1-2-8(6-14)13-17(15,16)10-4-3-7(12)5-9(10)11/h3-5,8,13-14H,2,6,12H2,1H3/t8-/m1/s1. The quantitative estimate of drug-likeness (QED) is 0.672. The molecule has 0 aliphatic carbocycles. The summed E-state index contributed by atoms with van der Waals surface area (Å²) in [5.74, 6) is -0.912. The van der Waals surface area contributed by atoms with Crippen molar-refractivity contribution in [3.63, 3.8) is 0 Å². The number of nitrogen functional groups attached to an aromatic ring is 1. The van der Waals surface area contributed by atoms with Gasteiger partial charge in [0.2, 0.25) is 10.0 Å². The zero-order valence-electron chi connectivity index (χ0n) is 9.35. The van der Waals surface area contributed by atoms with Gasteiger partial charge in [-0.1, -0.05) is 6.92 Å². The zero-order valence-corrected chi connectivity index (χ0v) is 10.2. The van der Waals surface area contributed by atoms with E-state index < -0.39 is 26.8 Å². The van der Waals surface area contributed by atoms with Crippen LogP contribution in [0.4, 0.5) is 10.1 Å². The maximum absolute atomic E-state index is 13.4. The predicted molar refractivity (Wildman–Crippen MR) is 62.3 cm³/mol. The topological polar surface area (TPSA) is 92.4 Å². The molecule has 0 heterocycles. The average molecular weight is 262 g/mol. The third-order valence-corrected chi connectivity index (χ3v) is 3.83. The van der Waals surface area contributed by atoms with E-state index in [0.29, 0.717) is 6.42 Å². The molecular weight excluding hydrogens is 247 g/mol. The first kappa shape index (κ1) is 13.9. The summed E-state index contributed by atoms with van der Waals surface area (Å²) in [6, 6.07) is 2.71. The van der Waals surface area contributed by atoms with E-state index in [4.69, 9.17) is 10.8 Å². The fraction of sp³-hybridized carbons (Fsp3) is 0.400. The molecule has 0 saturated carbocycles. The van der Waals surface area contributed by atoms with E-state index in [2.05, 4.69) is 4.72 Å². The Morgan fingerprint density at radius 2 is 2.18 bits per heavy atom. The van der Waals surface area contributed by atoms with Crippen LogP contribution in [0.1, 0.15) is 13.3 Å². The summed E-state index contributed by atoms with van der Waals surface area (Å²) in [5.41, 5.74) is 5.48. The molecule has 0 spiro atoms. The van der Waals surface area contributed by atoms with Gasteiger partial charge in [-0.2, -0.15) is 0 Å². The highest BCUT2D eigenvalue weighted by Crippen LogP contribution is 2.17. The fourth-order valence-electron chi connectivity index (χ4n) is 1.27. The number of nitrogens with two attached hydrogens (primary N) is 1. The Bertz CT molecular complexity index is 486. The minimum Gasteiger partial charge on any atom is -0.399 e. The zero-order chi connectivity index (χ0) is 13.1. The molecule has 17 heavy (non-hydrogen) atoms. The highest BCUT2D eigenvalue weighted by molar-refractivity contribution is 7.89. The molecule has 0 radical (unpaired) electrons. The monoisotopic (exact) mass is 262 g/mol. The number of aliphatic hydroxyl groups excluding tert-OH is 1. The molecule has 0 bridgehead atoms. The van der Waals surface area contributed by atoms with E-state index in [-0.39, 0.29) is 12.3 Å². The van der Waals surface area contributed by atoms with Gasteiger partial charge >= 0.3 is 0 Å². The van der Waals surface area contributed by atoms with Crippen LogP contribution < -0.4 is 10.5 Å². The summed E-state index contributed by atoms with van der Waals surface area (Å²) in [5, 5.41) is 8.91. The first-order valence-corrected chi connectivity index (χ1v) is 6.57. The molecule has 1 rings (SSSR count). The third-order valence-electron chi connectivity index (χ3n) is 2.28. The molecule has 0 aromatic heterocycles. The van der Waals surface area contributed by atoms with Crippen LogP contribution in [-0.4, -0.2) is 26.2 Å². The summed E-state index contributed by atoms with van der Waals surface area (Å²) in [6.45, 7) is 1.37. The van der Waals surface area contributed by atoms with Gasteiger partial charge in [0.15, 0.2) is 0 Å². The van der Waals surface area contributed by atoms with Crippen molar-refractivity contribution < 1.29 is 17.9 Å². The number of benzene rings is 1. The van der Waals surface area contributed by atoms with Crippen LogP contribution >= 0.6 is 0 Å². The van der Waals surface area contributed by atoms with Crippen molar-refractivity contribution in [1.29, 1.82) is 0 Å². The molecule has 0 aliphatic heterocycles. The van der Waals surface area contributed by atoms with Crippen molar-refractivity contribution in [3.8, 4) is 0 Å². The van der Waals surface area contributed by atoms with E-state index in [1.807, 2.05) is 0 Å². The Labute approximate surface area is 99.5 Å². The second-order valence-electron chi connectivity index (χ2n) is 3.60. The molecule has 0 amide bonds. The maximum Gasteiger partial charge on any atom is 0.243 e. The van der Waals surface area contributed by atoms with E-state index >= 15 is 0 Å². The van der Waals surface area contributed by atoms with Crippen LogP contribution in [0.5, 0.6) is 0 Å². The van der Waals surface area contributed by atoms with Crippen LogP contribution in [-0.2, 0) is 10.0 Å². The van der Waals surface area contributed by atoms with Crippen LogP contribution in [0.3, 0.4) is 0 Å². The van der Waals surface area contributed by atoms with E-state index in [0.717, 1.165) is 12.1 Å². The van der Waals surface area contributed by atoms with Crippen molar-refractivity contribution in [3.05, 3.63) is 24.0 Å². The number of halogens is 1. The Kier molecular flexibility index (Phi) is 4.44. The number of sulfonamides is 1. The van der Waals surface area contributed by atoms with E-state index in [1.54, 1.807) is 6.92 Å². The van der Waals surface area contributed by atoms with Gasteiger partial charge in [0, 0.05) is 11.7 Å². The number of anilines is 1. The lowest BCUT2D eigenvalue weighted by molar-refractivity contribution is 0.253. The Balaban J connectivity index is 3.05. The van der Waals surface area contributed by atoms with Crippen molar-refractivity contribution in [1.82, 2.24) is 4.72 Å². The summed E-state index contributed by atoms with van der Waals surface area (Å²) in [6.07, 6.45) is 0.409. The van der Waals surface area contributed by atoms with E-state index in [1.165, 1.54) is 6.07 Å². The van der Waals surface area contributed by atoms with E-state index in [9.17, 15) is 12.8 Å². The largest absolute Gasteiger partial charge is 0.399 e. The second kappa shape index (κ2) is 5.44. The summed E-state index contributed by atoms with van der Waals surface area (Å²) in [7, 11) is -3.97. The summed E-state index contributed by atoms with van der Waals surface area (Å²) in [4.78, 5) is -0.474. The lowest BCUT2D eigenvalue weighted by atomic mass is 10.3. The number of nitrogens with one attached hydrogen (secondary N) is 1. The molecule has 4 N–H and O–H groups in total. The molecular formula is C10H15FN2O3S. The fourth-order valence-corrected chi connectivity index (χ4v) is 2.64. The SMILES string of the molecule is CC[C@H](CO)NS(=O)(=O)c1ccc(N)cc1F. The molecule has 1 aromatic rings. The molecule has 0 aliphatic rings. The second-order valence-corrected chi connectivity index (χ2v) is 5.28. The number of hydrogen-bond acceptors (Lipinski definition) is 4. The van der Waals surface area contributed by atoms with Gasteiger partial charge in [-0.25, -0.2) is 17.5 Å². The number of hydrogen-bond donors (Lipinski definition) is 3. The van der Waals surface area contributed by atoms with Gasteiger partial charge in [0.25, 0.3) is 0 Å². The minimum absolute atomic E-state index is 0.149. The molecule has 0 unspecified atom stereocenters. The van der Waals surface area contributed by atoms with Gasteiger partial charge in [0.1, 0.15) is 10.7 Å². The average Bonchev–Trinajstić information content (AvgIpc) is 2.25. The molecule has 0 fully saturated rings. The van der Waals surface area contributed by atoms with Crippen molar-refractivity contribution in [2.24, 2.45) is 0 Å². The number of aliphatic hydroxyl groups is 1. The van der Waals surface area contributed by atoms with Gasteiger partial charge in [-0.05, 0) is 24.6 Å². The Morgan fingerprint density at radius 3 is 2.65 bits per heavy atom. The van der Waals surface area contributed by atoms with Gasteiger partial charge in [-0.15, -0.1) is 0 Å². The molecule has 1 atom stereocenters. The molecule has 7 heteroatoms. The predicted octanol–water partition coefficient (Wildman–Crippen LogP) is 0.457. The van der Waals surface area contributed by atoms with Crippen molar-refractivity contribution >= 4 is 15.7 Å². The lowest BCUT2D eigenvalue weighted by Crippen LogP contribution is -2.37. The highest BCUT2D eigenvalue weighted by Gasteiger charge is 2.22. The first-order valence-electron chi connectivity index (χ1n) is 5.09. The Hall–Kier alpha value is -1.18. The summed E-state index contributed by atoms with van der Waals surface area (Å²) >= 11 is 0. The number of rotatable bonds is 5. The Morgan fingerprint density at radius 1 is 1.53 bits per heavy atom. The lowest BCUT2D eigenvalue weighted by Gasteiger charge is -2.14. The van der Waals surface area contributed by atoms with Gasteiger partial charge in [-0.3, -0.25) is 0 Å². The molecule has 1 aromatic carbocycles. The van der Waals surface area contributed by atoms with Crippen LogP contribution in [0.25, 0.3) is 0 Å². The third kappa shape index (κ3) is 3.39. The molecule has 5 nitrogen and oxygen atoms in total. The van der Waals surface area contributed by atoms with Gasteiger partial charge in [0.05, 0.1) is 6.61 Å². The summed E-state index contributed by atoms with van der Waals surface area (Å²) < 4.78 is 39.2. The van der Waals surface area contributed by atoms with Crippen molar-refractivity contribution in [2.75, 3.05) is 12.3 Å². The maximum atomic E-state index is 13.4.